The molecule has 8 heteroatoms. The molecule has 158 valence electrons. The van der Waals surface area contributed by atoms with Crippen LogP contribution in [0, 0.1) is 13.8 Å². The number of hydrogen-bond donors (Lipinski definition) is 1. The largest absolute Gasteiger partial charge is 0.490 e. The Morgan fingerprint density at radius 3 is 2.67 bits per heavy atom. The standard InChI is InChI=1S/C22H28N6O2/c1-15-20(16(2)28-22(25-15)23-14-24-28)8-9-21(29)26-17-4-6-18(7-5-17)30-19-10-12-27(3)13-11-19/h4-7,14,19H,8-13H2,1-3H3,(H,26,29). The van der Waals surface area contributed by atoms with E-state index in [2.05, 4.69) is 32.3 Å². The first-order valence-electron chi connectivity index (χ1n) is 10.4. The number of piperidine rings is 1. The number of benzene rings is 1. The molecule has 0 atom stereocenters. The maximum absolute atomic E-state index is 12.5. The van der Waals surface area contributed by atoms with Crippen molar-refractivity contribution in [1.29, 1.82) is 0 Å². The molecular formula is C22H28N6O2. The second-order valence-electron chi connectivity index (χ2n) is 7.93. The van der Waals surface area contributed by atoms with Crippen LogP contribution < -0.4 is 10.1 Å². The summed E-state index contributed by atoms with van der Waals surface area (Å²) in [5.41, 5.74) is 3.66. The molecule has 1 N–H and O–H groups in total. The Morgan fingerprint density at radius 2 is 1.93 bits per heavy atom. The smallest absolute Gasteiger partial charge is 0.252 e. The molecule has 0 aliphatic carbocycles. The zero-order valence-electron chi connectivity index (χ0n) is 17.8. The summed E-state index contributed by atoms with van der Waals surface area (Å²) < 4.78 is 7.78. The second-order valence-corrected chi connectivity index (χ2v) is 7.93. The molecule has 1 aliphatic rings. The van der Waals surface area contributed by atoms with Crippen LogP contribution in [0.25, 0.3) is 5.78 Å². The Morgan fingerprint density at radius 1 is 1.20 bits per heavy atom. The van der Waals surface area contributed by atoms with E-state index in [0.717, 1.165) is 54.3 Å². The number of rotatable bonds is 6. The normalized spacial score (nSPS) is 15.4. The molecule has 3 aromatic rings. The number of carbonyl (C=O) groups excluding carboxylic acids is 1. The summed E-state index contributed by atoms with van der Waals surface area (Å²) in [6.45, 7) is 6.05. The summed E-state index contributed by atoms with van der Waals surface area (Å²) >= 11 is 0. The van der Waals surface area contributed by atoms with E-state index in [0.29, 0.717) is 18.6 Å². The van der Waals surface area contributed by atoms with Gasteiger partial charge >= 0.3 is 0 Å². The van der Waals surface area contributed by atoms with Gasteiger partial charge in [-0.3, -0.25) is 4.79 Å². The van der Waals surface area contributed by atoms with Crippen LogP contribution in [0.4, 0.5) is 5.69 Å². The van der Waals surface area contributed by atoms with E-state index < -0.39 is 0 Å². The lowest BCUT2D eigenvalue weighted by Gasteiger charge is -2.29. The van der Waals surface area contributed by atoms with Crippen LogP contribution in [0.5, 0.6) is 5.75 Å². The quantitative estimate of drug-likeness (QED) is 0.675. The van der Waals surface area contributed by atoms with Crippen LogP contribution in [0.15, 0.2) is 30.6 Å². The van der Waals surface area contributed by atoms with Crippen molar-refractivity contribution in [3.63, 3.8) is 0 Å². The van der Waals surface area contributed by atoms with Crippen LogP contribution >= 0.6 is 0 Å². The van der Waals surface area contributed by atoms with Crippen LogP contribution in [0.3, 0.4) is 0 Å². The lowest BCUT2D eigenvalue weighted by molar-refractivity contribution is -0.116. The van der Waals surface area contributed by atoms with Crippen molar-refractivity contribution >= 4 is 17.4 Å². The average molecular weight is 409 g/mol. The Labute approximate surface area is 176 Å². The number of hydrogen-bond acceptors (Lipinski definition) is 6. The van der Waals surface area contributed by atoms with Gasteiger partial charge in [-0.1, -0.05) is 0 Å². The van der Waals surface area contributed by atoms with E-state index in [9.17, 15) is 4.79 Å². The summed E-state index contributed by atoms with van der Waals surface area (Å²) in [6.07, 6.45) is 4.82. The number of aromatic nitrogens is 4. The maximum atomic E-state index is 12.5. The summed E-state index contributed by atoms with van der Waals surface area (Å²) in [5, 5.41) is 7.16. The van der Waals surface area contributed by atoms with Gasteiger partial charge in [0.2, 0.25) is 5.91 Å². The maximum Gasteiger partial charge on any atom is 0.252 e. The third-order valence-electron chi connectivity index (χ3n) is 5.70. The second kappa shape index (κ2) is 8.79. The van der Waals surface area contributed by atoms with Crippen LogP contribution in [0.1, 0.15) is 36.2 Å². The van der Waals surface area contributed by atoms with Crippen LogP contribution in [0.2, 0.25) is 0 Å². The number of aryl methyl sites for hydroxylation is 2. The summed E-state index contributed by atoms with van der Waals surface area (Å²) in [6, 6.07) is 7.62. The average Bonchev–Trinajstić information content (AvgIpc) is 3.19. The van der Waals surface area contributed by atoms with Crippen molar-refractivity contribution < 1.29 is 9.53 Å². The fraction of sp³-hybridized carbons (Fsp3) is 0.455. The Bertz CT molecular complexity index is 1020. The molecule has 1 aromatic carbocycles. The molecule has 1 fully saturated rings. The molecule has 0 unspecified atom stereocenters. The molecule has 4 rings (SSSR count). The first-order valence-corrected chi connectivity index (χ1v) is 10.4. The van der Waals surface area contributed by atoms with Crippen LogP contribution in [-0.2, 0) is 11.2 Å². The molecule has 30 heavy (non-hydrogen) atoms. The molecule has 8 nitrogen and oxygen atoms in total. The van der Waals surface area contributed by atoms with Gasteiger partial charge in [0.25, 0.3) is 5.78 Å². The fourth-order valence-corrected chi connectivity index (χ4v) is 3.89. The SMILES string of the molecule is Cc1nc2ncnn2c(C)c1CCC(=O)Nc1ccc(OC2CCN(C)CC2)cc1. The zero-order valence-corrected chi connectivity index (χ0v) is 17.8. The van der Waals surface area contributed by atoms with Gasteiger partial charge in [-0.15, -0.1) is 0 Å². The van der Waals surface area contributed by atoms with E-state index in [1.165, 1.54) is 6.33 Å². The molecular weight excluding hydrogens is 380 g/mol. The zero-order chi connectivity index (χ0) is 21.1. The Balaban J connectivity index is 1.31. The number of ether oxygens (including phenoxy) is 1. The molecule has 1 aliphatic heterocycles. The van der Waals surface area contributed by atoms with Gasteiger partial charge in [-0.2, -0.15) is 10.1 Å². The van der Waals surface area contributed by atoms with Crippen molar-refractivity contribution in [3.8, 4) is 5.75 Å². The summed E-state index contributed by atoms with van der Waals surface area (Å²) in [7, 11) is 2.14. The molecule has 1 amide bonds. The lowest BCUT2D eigenvalue weighted by atomic mass is 10.1. The third kappa shape index (κ3) is 4.59. The van der Waals surface area contributed by atoms with Gasteiger partial charge in [0.15, 0.2) is 0 Å². The highest BCUT2D eigenvalue weighted by atomic mass is 16.5. The number of likely N-dealkylation sites (tertiary alicyclic amines) is 1. The molecule has 1 saturated heterocycles. The highest BCUT2D eigenvalue weighted by Crippen LogP contribution is 2.21. The van der Waals surface area contributed by atoms with Crippen molar-refractivity contribution in [1.82, 2.24) is 24.5 Å². The van der Waals surface area contributed by atoms with Crippen molar-refractivity contribution in [2.24, 2.45) is 0 Å². The number of carbonyl (C=O) groups is 1. The Hall–Kier alpha value is -3.00. The van der Waals surface area contributed by atoms with Crippen molar-refractivity contribution in [3.05, 3.63) is 47.5 Å². The number of nitrogens with zero attached hydrogens (tertiary/aromatic N) is 5. The highest BCUT2D eigenvalue weighted by Gasteiger charge is 2.18. The molecule has 0 saturated carbocycles. The molecule has 0 spiro atoms. The number of anilines is 1. The predicted octanol–water partition coefficient (Wildman–Crippen LogP) is 2.79. The van der Waals surface area contributed by atoms with Crippen LogP contribution in [-0.4, -0.2) is 56.6 Å². The van der Waals surface area contributed by atoms with Gasteiger partial charge in [-0.25, -0.2) is 9.50 Å². The van der Waals surface area contributed by atoms with Crippen molar-refractivity contribution in [2.45, 2.75) is 45.6 Å². The van der Waals surface area contributed by atoms with Gasteiger partial charge in [0, 0.05) is 36.6 Å². The monoisotopic (exact) mass is 408 g/mol. The number of amides is 1. The molecule has 3 heterocycles. The van der Waals surface area contributed by atoms with Gasteiger partial charge in [0.1, 0.15) is 18.2 Å². The Kier molecular flexibility index (Phi) is 5.94. The van der Waals surface area contributed by atoms with Crippen molar-refractivity contribution in [2.75, 3.05) is 25.5 Å². The molecule has 0 bridgehead atoms. The van der Waals surface area contributed by atoms with Gasteiger partial charge in [-0.05, 0) is 70.0 Å². The first-order chi connectivity index (χ1) is 14.5. The third-order valence-corrected chi connectivity index (χ3v) is 5.70. The molecule has 0 radical (unpaired) electrons. The minimum absolute atomic E-state index is 0.0310. The van der Waals surface area contributed by atoms with E-state index >= 15 is 0 Å². The summed E-state index contributed by atoms with van der Waals surface area (Å²) in [4.78, 5) is 23.4. The number of nitrogens with one attached hydrogen (secondary N) is 1. The number of fused-ring (bicyclic) bond motifs is 1. The summed E-state index contributed by atoms with van der Waals surface area (Å²) in [5.74, 6) is 1.40. The minimum atomic E-state index is -0.0310. The first kappa shape index (κ1) is 20.3. The minimum Gasteiger partial charge on any atom is -0.490 e. The predicted molar refractivity (Wildman–Crippen MR) is 115 cm³/mol. The van der Waals surface area contributed by atoms with E-state index in [1.807, 2.05) is 38.1 Å². The van der Waals surface area contributed by atoms with Gasteiger partial charge in [0.05, 0.1) is 0 Å². The lowest BCUT2D eigenvalue weighted by Crippen LogP contribution is -2.35. The van der Waals surface area contributed by atoms with Gasteiger partial charge < -0.3 is 15.0 Å². The highest BCUT2D eigenvalue weighted by molar-refractivity contribution is 5.90. The van der Waals surface area contributed by atoms with E-state index in [-0.39, 0.29) is 12.0 Å². The van der Waals surface area contributed by atoms with E-state index in [1.54, 1.807) is 4.52 Å². The molecule has 2 aromatic heterocycles. The fourth-order valence-electron chi connectivity index (χ4n) is 3.89. The topological polar surface area (TPSA) is 84.6 Å². The van der Waals surface area contributed by atoms with E-state index in [4.69, 9.17) is 4.74 Å².